The highest BCUT2D eigenvalue weighted by atomic mass is 32.1. The number of nitrogens with zero attached hydrogens (tertiary/aromatic N) is 2. The van der Waals surface area contributed by atoms with Crippen LogP contribution in [0.5, 0.6) is 0 Å². The Kier molecular flexibility index (Phi) is 3.17. The molecular weight excluding hydrogens is 310 g/mol. The Balaban J connectivity index is 1.70. The van der Waals surface area contributed by atoms with Crippen LogP contribution in [0, 0.1) is 0 Å². The van der Waals surface area contributed by atoms with Crippen LogP contribution in [0.1, 0.15) is 21.1 Å². The molecule has 0 aliphatic carbocycles. The lowest BCUT2D eigenvalue weighted by Crippen LogP contribution is -1.94. The Morgan fingerprint density at radius 3 is 2.87 bits per heavy atom. The van der Waals surface area contributed by atoms with Crippen molar-refractivity contribution >= 4 is 50.6 Å². The van der Waals surface area contributed by atoms with Gasteiger partial charge in [0.1, 0.15) is 5.01 Å². The molecule has 0 amide bonds. The summed E-state index contributed by atoms with van der Waals surface area (Å²) in [6, 6.07) is 12.9. The molecule has 0 saturated carbocycles. The van der Waals surface area contributed by atoms with Crippen LogP contribution in [0.3, 0.4) is 0 Å². The fraction of sp³-hybridized carbons (Fsp3) is 0. The number of hydrogen-bond acceptors (Lipinski definition) is 4. The molecule has 5 nitrogen and oxygen atoms in total. The number of benzene rings is 2. The smallest absolute Gasteiger partial charge is 0.335 e. The summed E-state index contributed by atoms with van der Waals surface area (Å²) in [5.74, 6) is -0.951. The molecule has 4 rings (SSSR count). The van der Waals surface area contributed by atoms with Crippen LogP contribution in [0.25, 0.3) is 33.3 Å². The Labute approximate surface area is 134 Å². The van der Waals surface area contributed by atoms with Crippen molar-refractivity contribution in [3.05, 3.63) is 58.7 Å². The van der Waals surface area contributed by atoms with Crippen molar-refractivity contribution in [1.29, 1.82) is 0 Å². The lowest BCUT2D eigenvalue weighted by Gasteiger charge is -1.94. The Morgan fingerprint density at radius 2 is 2.04 bits per heavy atom. The maximum absolute atomic E-state index is 11.0. The van der Waals surface area contributed by atoms with Gasteiger partial charge in [-0.1, -0.05) is 12.1 Å². The first kappa shape index (κ1) is 13.7. The van der Waals surface area contributed by atoms with E-state index in [4.69, 9.17) is 5.11 Å². The predicted octanol–water partition coefficient (Wildman–Crippen LogP) is 4.04. The SMILES string of the molecule is O=C(O)c1ccc2c(C=Cc3nc4ccccc4s3)n[nH]c2c1. The van der Waals surface area contributed by atoms with Crippen LogP contribution in [0.15, 0.2) is 42.5 Å². The summed E-state index contributed by atoms with van der Waals surface area (Å²) < 4.78 is 1.14. The van der Waals surface area contributed by atoms with Gasteiger partial charge in [0, 0.05) is 5.39 Å². The van der Waals surface area contributed by atoms with Crippen LogP contribution in [0.4, 0.5) is 0 Å². The quantitative estimate of drug-likeness (QED) is 0.597. The maximum Gasteiger partial charge on any atom is 0.335 e. The summed E-state index contributed by atoms with van der Waals surface area (Å²) in [6.07, 6.45) is 3.81. The molecule has 0 radical (unpaired) electrons. The van der Waals surface area contributed by atoms with E-state index in [1.807, 2.05) is 36.4 Å². The molecular formula is C17H11N3O2S. The molecule has 6 heteroatoms. The first-order valence-electron chi connectivity index (χ1n) is 6.96. The molecule has 23 heavy (non-hydrogen) atoms. The fourth-order valence-electron chi connectivity index (χ4n) is 2.41. The van der Waals surface area contributed by atoms with Crippen molar-refractivity contribution < 1.29 is 9.90 Å². The summed E-state index contributed by atoms with van der Waals surface area (Å²) >= 11 is 1.62. The number of aromatic amines is 1. The highest BCUT2D eigenvalue weighted by molar-refractivity contribution is 7.19. The third-order valence-corrected chi connectivity index (χ3v) is 4.54. The average molecular weight is 321 g/mol. The minimum absolute atomic E-state index is 0.239. The minimum atomic E-state index is -0.951. The van der Waals surface area contributed by atoms with E-state index in [0.717, 1.165) is 26.3 Å². The largest absolute Gasteiger partial charge is 0.478 e. The van der Waals surface area contributed by atoms with Gasteiger partial charge in [0.25, 0.3) is 0 Å². The molecule has 4 aromatic rings. The monoisotopic (exact) mass is 321 g/mol. The van der Waals surface area contributed by atoms with Crippen molar-refractivity contribution in [2.45, 2.75) is 0 Å². The van der Waals surface area contributed by atoms with Crippen molar-refractivity contribution in [2.75, 3.05) is 0 Å². The zero-order chi connectivity index (χ0) is 15.8. The number of rotatable bonds is 3. The van der Waals surface area contributed by atoms with E-state index in [9.17, 15) is 4.79 Å². The summed E-state index contributed by atoms with van der Waals surface area (Å²) in [7, 11) is 0. The van der Waals surface area contributed by atoms with Gasteiger partial charge in [-0.25, -0.2) is 9.78 Å². The van der Waals surface area contributed by atoms with Gasteiger partial charge in [-0.3, -0.25) is 5.10 Å². The second-order valence-electron chi connectivity index (χ2n) is 5.03. The van der Waals surface area contributed by atoms with E-state index >= 15 is 0 Å². The van der Waals surface area contributed by atoms with E-state index in [1.54, 1.807) is 29.5 Å². The van der Waals surface area contributed by atoms with Gasteiger partial charge in [-0.2, -0.15) is 5.10 Å². The number of carboxylic acids is 1. The average Bonchev–Trinajstić information content (AvgIpc) is 3.15. The number of para-hydroxylation sites is 1. The number of aromatic carboxylic acids is 1. The molecule has 0 saturated heterocycles. The van der Waals surface area contributed by atoms with Gasteiger partial charge in [0.05, 0.1) is 27.0 Å². The summed E-state index contributed by atoms with van der Waals surface area (Å²) in [5.41, 5.74) is 2.68. The van der Waals surface area contributed by atoms with Crippen LogP contribution >= 0.6 is 11.3 Å². The van der Waals surface area contributed by atoms with E-state index in [0.29, 0.717) is 5.52 Å². The molecule has 112 valence electrons. The molecule has 2 heterocycles. The van der Waals surface area contributed by atoms with Gasteiger partial charge in [-0.15, -0.1) is 11.3 Å². The summed E-state index contributed by atoms with van der Waals surface area (Å²) in [5, 5.41) is 17.9. The van der Waals surface area contributed by atoms with E-state index in [2.05, 4.69) is 15.2 Å². The number of carboxylic acid groups (broad SMARTS) is 1. The van der Waals surface area contributed by atoms with Crippen LogP contribution in [-0.2, 0) is 0 Å². The van der Waals surface area contributed by atoms with Crippen LogP contribution < -0.4 is 0 Å². The van der Waals surface area contributed by atoms with Crippen LogP contribution in [-0.4, -0.2) is 26.3 Å². The lowest BCUT2D eigenvalue weighted by molar-refractivity contribution is 0.0697. The molecule has 2 N–H and O–H groups in total. The maximum atomic E-state index is 11.0. The fourth-order valence-corrected chi connectivity index (χ4v) is 3.28. The third kappa shape index (κ3) is 2.49. The zero-order valence-corrected chi connectivity index (χ0v) is 12.7. The number of aromatic nitrogens is 3. The Hall–Kier alpha value is -2.99. The Bertz CT molecular complexity index is 1030. The summed E-state index contributed by atoms with van der Waals surface area (Å²) in [4.78, 5) is 15.5. The normalized spacial score (nSPS) is 11.7. The van der Waals surface area contributed by atoms with Gasteiger partial charge in [-0.05, 0) is 42.5 Å². The van der Waals surface area contributed by atoms with Gasteiger partial charge in [0.2, 0.25) is 0 Å². The van der Waals surface area contributed by atoms with Crippen LogP contribution in [0.2, 0.25) is 0 Å². The third-order valence-electron chi connectivity index (χ3n) is 3.53. The molecule has 0 bridgehead atoms. The summed E-state index contributed by atoms with van der Waals surface area (Å²) in [6.45, 7) is 0. The Morgan fingerprint density at radius 1 is 1.17 bits per heavy atom. The number of carbonyl (C=O) groups is 1. The van der Waals surface area contributed by atoms with Gasteiger partial charge in [0.15, 0.2) is 0 Å². The molecule has 0 spiro atoms. The molecule has 0 fully saturated rings. The highest BCUT2D eigenvalue weighted by Crippen LogP contribution is 2.24. The van der Waals surface area contributed by atoms with Crippen molar-refractivity contribution in [3.8, 4) is 0 Å². The van der Waals surface area contributed by atoms with Gasteiger partial charge >= 0.3 is 5.97 Å². The van der Waals surface area contributed by atoms with E-state index < -0.39 is 5.97 Å². The lowest BCUT2D eigenvalue weighted by atomic mass is 10.1. The van der Waals surface area contributed by atoms with Crippen molar-refractivity contribution in [2.24, 2.45) is 0 Å². The standard InChI is InChI=1S/C17H11N3O2S/c21-17(22)10-5-6-11-12(19-20-14(11)9-10)7-8-16-18-13-3-1-2-4-15(13)23-16/h1-9H,(H,19,20)(H,21,22). The topological polar surface area (TPSA) is 78.9 Å². The van der Waals surface area contributed by atoms with Gasteiger partial charge < -0.3 is 5.11 Å². The zero-order valence-electron chi connectivity index (χ0n) is 11.9. The second kappa shape index (κ2) is 5.33. The van der Waals surface area contributed by atoms with Crippen molar-refractivity contribution in [3.63, 3.8) is 0 Å². The number of nitrogens with one attached hydrogen (secondary N) is 1. The molecule has 0 aliphatic rings. The highest BCUT2D eigenvalue weighted by Gasteiger charge is 2.08. The minimum Gasteiger partial charge on any atom is -0.478 e. The number of thiazole rings is 1. The van der Waals surface area contributed by atoms with Crippen molar-refractivity contribution in [1.82, 2.24) is 15.2 Å². The molecule has 0 atom stereocenters. The number of fused-ring (bicyclic) bond motifs is 2. The van der Waals surface area contributed by atoms with E-state index in [-0.39, 0.29) is 5.56 Å². The van der Waals surface area contributed by atoms with E-state index in [1.165, 1.54) is 0 Å². The number of hydrogen-bond donors (Lipinski definition) is 2. The molecule has 0 unspecified atom stereocenters. The first-order valence-corrected chi connectivity index (χ1v) is 7.77. The second-order valence-corrected chi connectivity index (χ2v) is 6.09. The molecule has 0 aliphatic heterocycles. The number of H-pyrrole nitrogens is 1. The molecule has 2 aromatic carbocycles. The first-order chi connectivity index (χ1) is 11.2. The molecule has 2 aromatic heterocycles. The predicted molar refractivity (Wildman–Crippen MR) is 91.6 cm³/mol.